The first-order valence-electron chi connectivity index (χ1n) is 10.6. The Morgan fingerprint density at radius 1 is 1.00 bits per heavy atom. The molecule has 192 valence electrons. The Kier molecular flexibility index (Phi) is 8.83. The van der Waals surface area contributed by atoms with Gasteiger partial charge in [-0.1, -0.05) is 18.2 Å². The zero-order valence-electron chi connectivity index (χ0n) is 18.7. The topological polar surface area (TPSA) is 112 Å². The highest BCUT2D eigenvalue weighted by Crippen LogP contribution is 2.26. The molecule has 1 fully saturated rings. The van der Waals surface area contributed by atoms with Gasteiger partial charge in [0.25, 0.3) is 16.5 Å². The summed E-state index contributed by atoms with van der Waals surface area (Å²) in [6.07, 6.45) is 1.08. The van der Waals surface area contributed by atoms with Crippen LogP contribution < -0.4 is 10.0 Å². The van der Waals surface area contributed by atoms with E-state index in [4.69, 9.17) is 9.90 Å². The van der Waals surface area contributed by atoms with Crippen molar-refractivity contribution >= 4 is 28.0 Å². The maximum Gasteiger partial charge on any atom is 0.290 e. The summed E-state index contributed by atoms with van der Waals surface area (Å²) in [5, 5.41) is 9.64. The number of carboxylic acid groups (broad SMARTS) is 1. The van der Waals surface area contributed by atoms with Crippen molar-refractivity contribution in [1.29, 1.82) is 0 Å². The lowest BCUT2D eigenvalue weighted by molar-refractivity contribution is -0.122. The van der Waals surface area contributed by atoms with Crippen LogP contribution in [-0.4, -0.2) is 43.0 Å². The van der Waals surface area contributed by atoms with Crippen LogP contribution >= 0.6 is 0 Å². The molecule has 36 heavy (non-hydrogen) atoms. The van der Waals surface area contributed by atoms with Crippen molar-refractivity contribution < 1.29 is 35.9 Å². The Hall–Kier alpha value is -3.71. The van der Waals surface area contributed by atoms with Crippen molar-refractivity contribution in [2.45, 2.75) is 24.4 Å². The van der Waals surface area contributed by atoms with Gasteiger partial charge in [-0.2, -0.15) is 4.39 Å². The SMILES string of the molecule is O=CO.O=S(=O)(Nc1cccc(F)n1)c1c(F)cc(NCc2c(F)cccc2CN2CCC2)cc1F. The average Bonchev–Trinajstić information content (AvgIpc) is 2.75. The molecule has 1 aliphatic rings. The van der Waals surface area contributed by atoms with Crippen LogP contribution in [0.2, 0.25) is 0 Å². The highest BCUT2D eigenvalue weighted by molar-refractivity contribution is 7.92. The predicted molar refractivity (Wildman–Crippen MR) is 124 cm³/mol. The van der Waals surface area contributed by atoms with E-state index in [0.29, 0.717) is 12.1 Å². The minimum Gasteiger partial charge on any atom is -0.483 e. The van der Waals surface area contributed by atoms with E-state index in [0.717, 1.165) is 49.3 Å². The van der Waals surface area contributed by atoms with Crippen LogP contribution in [0.3, 0.4) is 0 Å². The lowest BCUT2D eigenvalue weighted by Gasteiger charge is -2.31. The number of likely N-dealkylation sites (tertiary alicyclic amines) is 1. The fourth-order valence-corrected chi connectivity index (χ4v) is 4.62. The number of carbonyl (C=O) groups is 1. The summed E-state index contributed by atoms with van der Waals surface area (Å²) in [4.78, 5) is 12.6. The molecule has 0 spiro atoms. The summed E-state index contributed by atoms with van der Waals surface area (Å²) in [5.74, 6) is -4.57. The number of anilines is 2. The quantitative estimate of drug-likeness (QED) is 0.232. The van der Waals surface area contributed by atoms with E-state index in [-0.39, 0.29) is 18.7 Å². The number of aromatic nitrogens is 1. The van der Waals surface area contributed by atoms with E-state index in [1.807, 2.05) is 4.72 Å². The molecule has 0 aliphatic carbocycles. The Morgan fingerprint density at radius 3 is 2.22 bits per heavy atom. The summed E-state index contributed by atoms with van der Waals surface area (Å²) in [5.41, 5.74) is 1.06. The first-order valence-corrected chi connectivity index (χ1v) is 12.1. The molecule has 0 saturated carbocycles. The maximum atomic E-state index is 14.6. The van der Waals surface area contributed by atoms with Gasteiger partial charge in [0.05, 0.1) is 0 Å². The number of hydrogen-bond acceptors (Lipinski definition) is 6. The third-order valence-corrected chi connectivity index (χ3v) is 6.65. The molecular formula is C23H22F4N4O4S. The zero-order valence-corrected chi connectivity index (χ0v) is 19.5. The molecule has 0 atom stereocenters. The van der Waals surface area contributed by atoms with Crippen molar-refractivity contribution in [2.24, 2.45) is 0 Å². The average molecular weight is 527 g/mol. The molecule has 3 aromatic rings. The van der Waals surface area contributed by atoms with Crippen molar-refractivity contribution in [3.63, 3.8) is 0 Å². The second-order valence-electron chi connectivity index (χ2n) is 7.69. The molecule has 2 aromatic carbocycles. The fraction of sp³-hybridized carbons (Fsp3) is 0.217. The minimum atomic E-state index is -4.72. The van der Waals surface area contributed by atoms with Crippen LogP contribution in [0.1, 0.15) is 17.5 Å². The molecule has 0 bridgehead atoms. The standard InChI is InChI=1S/C22H20F4N4O2S.CH2O2/c23-17-5-1-4-14(13-30-8-3-9-30)16(17)12-27-15-10-18(24)22(19(25)11-15)33(31,32)29-21-7-2-6-20(26)28-21;2-1-3/h1-2,4-7,10-11,27H,3,8-9,12-13H2,(H,28,29);1H,(H,2,3). The maximum absolute atomic E-state index is 14.6. The second kappa shape index (κ2) is 11.8. The fourth-order valence-electron chi connectivity index (χ4n) is 3.49. The van der Waals surface area contributed by atoms with Gasteiger partial charge >= 0.3 is 0 Å². The summed E-state index contributed by atoms with van der Waals surface area (Å²) in [6.45, 7) is 2.12. The van der Waals surface area contributed by atoms with E-state index in [1.165, 1.54) is 12.1 Å². The number of nitrogens with zero attached hydrogens (tertiary/aromatic N) is 2. The molecule has 1 aromatic heterocycles. The van der Waals surface area contributed by atoms with Gasteiger partial charge in [0.2, 0.25) is 5.95 Å². The Balaban J connectivity index is 0.00000115. The lowest BCUT2D eigenvalue weighted by Crippen LogP contribution is -2.36. The predicted octanol–water partition coefficient (Wildman–Crippen LogP) is 3.96. The van der Waals surface area contributed by atoms with E-state index >= 15 is 0 Å². The molecular weight excluding hydrogens is 504 g/mol. The number of benzene rings is 2. The molecule has 8 nitrogen and oxygen atoms in total. The number of rotatable bonds is 8. The first kappa shape index (κ1) is 26.9. The van der Waals surface area contributed by atoms with E-state index < -0.39 is 44.1 Å². The highest BCUT2D eigenvalue weighted by Gasteiger charge is 2.26. The molecule has 0 amide bonds. The number of hydrogen-bond donors (Lipinski definition) is 3. The zero-order chi connectivity index (χ0) is 26.3. The molecule has 2 heterocycles. The molecule has 1 saturated heterocycles. The van der Waals surface area contributed by atoms with Crippen molar-refractivity contribution in [2.75, 3.05) is 23.1 Å². The Labute approximate surface area is 204 Å². The van der Waals surface area contributed by atoms with Gasteiger partial charge in [0.1, 0.15) is 23.3 Å². The van der Waals surface area contributed by atoms with Gasteiger partial charge < -0.3 is 10.4 Å². The first-order chi connectivity index (χ1) is 17.1. The van der Waals surface area contributed by atoms with Crippen molar-refractivity contribution in [3.8, 4) is 0 Å². The monoisotopic (exact) mass is 526 g/mol. The van der Waals surface area contributed by atoms with Crippen LogP contribution in [0.15, 0.2) is 53.4 Å². The summed E-state index contributed by atoms with van der Waals surface area (Å²) in [7, 11) is -4.72. The minimum absolute atomic E-state index is 0.0493. The van der Waals surface area contributed by atoms with Gasteiger partial charge in [-0.25, -0.2) is 26.6 Å². The van der Waals surface area contributed by atoms with Crippen LogP contribution in [0.4, 0.5) is 29.1 Å². The lowest BCUT2D eigenvalue weighted by atomic mass is 10.0. The van der Waals surface area contributed by atoms with Crippen LogP contribution in [0.5, 0.6) is 0 Å². The number of halogens is 4. The van der Waals surface area contributed by atoms with Gasteiger partial charge in [-0.3, -0.25) is 14.4 Å². The summed E-state index contributed by atoms with van der Waals surface area (Å²) in [6, 6.07) is 9.62. The van der Waals surface area contributed by atoms with Crippen LogP contribution in [0, 0.1) is 23.4 Å². The van der Waals surface area contributed by atoms with Crippen LogP contribution in [0.25, 0.3) is 0 Å². The van der Waals surface area contributed by atoms with Crippen molar-refractivity contribution in [1.82, 2.24) is 9.88 Å². The highest BCUT2D eigenvalue weighted by atomic mass is 32.2. The largest absolute Gasteiger partial charge is 0.483 e. The Morgan fingerprint density at radius 2 is 1.64 bits per heavy atom. The van der Waals surface area contributed by atoms with Gasteiger partial charge in [-0.05, 0) is 55.4 Å². The van der Waals surface area contributed by atoms with E-state index in [2.05, 4.69) is 15.2 Å². The second-order valence-corrected chi connectivity index (χ2v) is 9.31. The molecule has 0 radical (unpaired) electrons. The normalized spacial score (nSPS) is 13.2. The number of nitrogens with one attached hydrogen (secondary N) is 2. The molecule has 3 N–H and O–H groups in total. The van der Waals surface area contributed by atoms with Crippen molar-refractivity contribution in [3.05, 3.63) is 83.1 Å². The van der Waals surface area contributed by atoms with E-state index in [9.17, 15) is 26.0 Å². The third kappa shape index (κ3) is 6.70. The van der Waals surface area contributed by atoms with E-state index in [1.54, 1.807) is 12.1 Å². The summed E-state index contributed by atoms with van der Waals surface area (Å²) >= 11 is 0. The molecule has 0 unspecified atom stereocenters. The molecule has 4 rings (SSSR count). The molecule has 13 heteroatoms. The third-order valence-electron chi connectivity index (χ3n) is 5.25. The van der Waals surface area contributed by atoms with Gasteiger partial charge in [-0.15, -0.1) is 0 Å². The summed E-state index contributed by atoms with van der Waals surface area (Å²) < 4.78 is 83.6. The number of pyridine rings is 1. The van der Waals surface area contributed by atoms with Crippen LogP contribution in [-0.2, 0) is 27.9 Å². The van der Waals surface area contributed by atoms with Gasteiger partial charge in [0, 0.05) is 24.3 Å². The number of sulfonamides is 1. The Bertz CT molecular complexity index is 1310. The molecule has 1 aliphatic heterocycles. The van der Waals surface area contributed by atoms with Gasteiger partial charge in [0.15, 0.2) is 4.90 Å². The smallest absolute Gasteiger partial charge is 0.290 e.